The van der Waals surface area contributed by atoms with Crippen molar-refractivity contribution in [3.63, 3.8) is 0 Å². The molecule has 0 bridgehead atoms. The normalized spacial score (nSPS) is 22.6. The van der Waals surface area contributed by atoms with E-state index in [4.69, 9.17) is 9.47 Å². The van der Waals surface area contributed by atoms with Crippen LogP contribution in [-0.2, 0) is 9.53 Å². The Kier molecular flexibility index (Phi) is 4.88. The summed E-state index contributed by atoms with van der Waals surface area (Å²) < 4.78 is 11.7. The highest BCUT2D eigenvalue weighted by molar-refractivity contribution is 7.99. The van der Waals surface area contributed by atoms with Gasteiger partial charge < -0.3 is 14.4 Å². The van der Waals surface area contributed by atoms with Gasteiger partial charge >= 0.3 is 0 Å². The molecule has 6 heteroatoms. The van der Waals surface area contributed by atoms with Crippen LogP contribution < -0.4 is 4.74 Å². The fraction of sp³-hybridized carbons (Fsp3) is 0.625. The molecule has 1 aromatic rings. The molecule has 0 radical (unpaired) electrons. The van der Waals surface area contributed by atoms with E-state index in [2.05, 4.69) is 4.98 Å². The van der Waals surface area contributed by atoms with Crippen molar-refractivity contribution in [1.29, 1.82) is 0 Å². The van der Waals surface area contributed by atoms with Crippen LogP contribution >= 0.6 is 11.8 Å². The summed E-state index contributed by atoms with van der Waals surface area (Å²) in [5.74, 6) is 2.06. The third kappa shape index (κ3) is 3.22. The molecule has 1 aromatic heterocycles. The summed E-state index contributed by atoms with van der Waals surface area (Å²) in [7, 11) is 0. The predicted octanol–water partition coefficient (Wildman–Crippen LogP) is 1.83. The van der Waals surface area contributed by atoms with Crippen LogP contribution in [0.15, 0.2) is 24.5 Å². The molecular weight excluding hydrogens is 300 g/mol. The second-order valence-corrected chi connectivity index (χ2v) is 6.77. The molecule has 3 rings (SSSR count). The maximum absolute atomic E-state index is 11.9. The molecule has 2 aliphatic heterocycles. The molecule has 3 heterocycles. The largest absolute Gasteiger partial charge is 0.492 e. The van der Waals surface area contributed by atoms with E-state index in [1.54, 1.807) is 24.2 Å². The number of aromatic nitrogens is 1. The Hall–Kier alpha value is -1.27. The van der Waals surface area contributed by atoms with Crippen LogP contribution in [-0.4, -0.2) is 59.7 Å². The number of hydrogen-bond donors (Lipinski definition) is 0. The van der Waals surface area contributed by atoms with Gasteiger partial charge in [0, 0.05) is 12.8 Å². The van der Waals surface area contributed by atoms with Gasteiger partial charge in [-0.1, -0.05) is 0 Å². The van der Waals surface area contributed by atoms with E-state index >= 15 is 0 Å². The number of likely N-dealkylation sites (tertiary alicyclic amines) is 1. The number of nitrogens with zero attached hydrogens (tertiary/aromatic N) is 2. The molecular formula is C16H22N2O3S. The Labute approximate surface area is 135 Å². The maximum atomic E-state index is 11.9. The summed E-state index contributed by atoms with van der Waals surface area (Å²) in [6.07, 6.45) is 7.44. The van der Waals surface area contributed by atoms with Gasteiger partial charge in [-0.15, -0.1) is 0 Å². The quantitative estimate of drug-likeness (QED) is 0.800. The zero-order valence-corrected chi connectivity index (χ0v) is 13.7. The lowest BCUT2D eigenvalue weighted by Gasteiger charge is -2.50. The Balaban J connectivity index is 1.47. The lowest BCUT2D eigenvalue weighted by Crippen LogP contribution is -2.66. The number of thioether (sulfide) groups is 1. The molecule has 2 aliphatic rings. The Bertz CT molecular complexity index is 505. The van der Waals surface area contributed by atoms with Crippen molar-refractivity contribution in [3.8, 4) is 5.75 Å². The Morgan fingerprint density at radius 3 is 3.18 bits per heavy atom. The molecule has 1 amide bonds. The SMILES string of the molecule is CSCC(=O)N1CC2(C1)OCC[C@H]2CCOc1cccnc1. The first kappa shape index (κ1) is 15.6. The highest BCUT2D eigenvalue weighted by Crippen LogP contribution is 2.41. The van der Waals surface area contributed by atoms with Gasteiger partial charge in [-0.25, -0.2) is 0 Å². The third-order valence-corrected chi connectivity index (χ3v) is 5.04. The molecule has 22 heavy (non-hydrogen) atoms. The Morgan fingerprint density at radius 1 is 1.59 bits per heavy atom. The average Bonchev–Trinajstić information content (AvgIpc) is 2.91. The van der Waals surface area contributed by atoms with Crippen LogP contribution in [0, 0.1) is 5.92 Å². The van der Waals surface area contributed by atoms with Gasteiger partial charge in [0.1, 0.15) is 11.4 Å². The highest BCUT2D eigenvalue weighted by Gasteiger charge is 2.53. The van der Waals surface area contributed by atoms with E-state index in [-0.39, 0.29) is 11.5 Å². The first-order valence-electron chi connectivity index (χ1n) is 7.67. The molecule has 0 unspecified atom stereocenters. The van der Waals surface area contributed by atoms with Crippen LogP contribution in [0.1, 0.15) is 12.8 Å². The molecule has 0 aliphatic carbocycles. The third-order valence-electron chi connectivity index (χ3n) is 4.51. The van der Waals surface area contributed by atoms with Gasteiger partial charge in [0.25, 0.3) is 0 Å². The number of carbonyl (C=O) groups is 1. The molecule has 0 aromatic carbocycles. The number of hydrogen-bond acceptors (Lipinski definition) is 5. The van der Waals surface area contributed by atoms with Gasteiger partial charge in [-0.3, -0.25) is 9.78 Å². The zero-order valence-electron chi connectivity index (χ0n) is 12.9. The highest BCUT2D eigenvalue weighted by atomic mass is 32.2. The molecule has 1 atom stereocenters. The first-order chi connectivity index (χ1) is 10.7. The predicted molar refractivity (Wildman–Crippen MR) is 86.1 cm³/mol. The molecule has 0 saturated carbocycles. The number of pyridine rings is 1. The van der Waals surface area contributed by atoms with Gasteiger partial charge in [0.15, 0.2) is 0 Å². The number of rotatable bonds is 6. The molecule has 5 nitrogen and oxygen atoms in total. The van der Waals surface area contributed by atoms with Crippen molar-refractivity contribution >= 4 is 17.7 Å². The average molecular weight is 322 g/mol. The van der Waals surface area contributed by atoms with Gasteiger partial charge in [-0.2, -0.15) is 11.8 Å². The second kappa shape index (κ2) is 6.87. The van der Waals surface area contributed by atoms with Crippen molar-refractivity contribution in [3.05, 3.63) is 24.5 Å². The van der Waals surface area contributed by atoms with E-state index in [0.717, 1.165) is 38.3 Å². The number of carbonyl (C=O) groups excluding carboxylic acids is 1. The van der Waals surface area contributed by atoms with Crippen molar-refractivity contribution in [2.24, 2.45) is 5.92 Å². The number of ether oxygens (including phenoxy) is 2. The summed E-state index contributed by atoms with van der Waals surface area (Å²) in [6, 6.07) is 3.79. The van der Waals surface area contributed by atoms with Crippen LogP contribution in [0.2, 0.25) is 0 Å². The standard InChI is InChI=1S/C16H22N2O3S/c1-22-10-15(19)18-11-16(12-18)13(5-8-21-16)4-7-20-14-3-2-6-17-9-14/h2-3,6,9,13H,4-5,7-8,10-12H2,1H3/t13-/m1/s1. The molecule has 120 valence electrons. The van der Waals surface area contributed by atoms with Crippen molar-refractivity contribution in [2.45, 2.75) is 18.4 Å². The second-order valence-electron chi connectivity index (χ2n) is 5.91. The molecule has 0 N–H and O–H groups in total. The van der Waals surface area contributed by atoms with Crippen LogP contribution in [0.3, 0.4) is 0 Å². The van der Waals surface area contributed by atoms with E-state index in [9.17, 15) is 4.79 Å². The van der Waals surface area contributed by atoms with Gasteiger partial charge in [0.2, 0.25) is 5.91 Å². The van der Waals surface area contributed by atoms with Gasteiger partial charge in [0.05, 0.1) is 31.6 Å². The molecule has 1 spiro atoms. The summed E-state index contributed by atoms with van der Waals surface area (Å²) >= 11 is 1.57. The van der Waals surface area contributed by atoms with Crippen molar-refractivity contribution < 1.29 is 14.3 Å². The van der Waals surface area contributed by atoms with Gasteiger partial charge in [-0.05, 0) is 37.1 Å². The molecule has 2 saturated heterocycles. The van der Waals surface area contributed by atoms with E-state index < -0.39 is 0 Å². The summed E-state index contributed by atoms with van der Waals surface area (Å²) in [4.78, 5) is 17.8. The molecule has 2 fully saturated rings. The topological polar surface area (TPSA) is 51.7 Å². The smallest absolute Gasteiger partial charge is 0.232 e. The zero-order chi connectivity index (χ0) is 15.4. The summed E-state index contributed by atoms with van der Waals surface area (Å²) in [6.45, 7) is 2.94. The summed E-state index contributed by atoms with van der Waals surface area (Å²) in [5, 5.41) is 0. The minimum Gasteiger partial charge on any atom is -0.492 e. The Morgan fingerprint density at radius 2 is 2.45 bits per heavy atom. The monoisotopic (exact) mass is 322 g/mol. The van der Waals surface area contributed by atoms with E-state index in [1.165, 1.54) is 0 Å². The van der Waals surface area contributed by atoms with E-state index in [1.807, 2.05) is 23.3 Å². The lowest BCUT2D eigenvalue weighted by atomic mass is 9.79. The first-order valence-corrected chi connectivity index (χ1v) is 9.06. The van der Waals surface area contributed by atoms with Crippen molar-refractivity contribution in [1.82, 2.24) is 9.88 Å². The lowest BCUT2D eigenvalue weighted by molar-refractivity contribution is -0.163. The van der Waals surface area contributed by atoms with Crippen LogP contribution in [0.5, 0.6) is 5.75 Å². The van der Waals surface area contributed by atoms with Crippen LogP contribution in [0.4, 0.5) is 0 Å². The fourth-order valence-corrected chi connectivity index (χ4v) is 3.71. The summed E-state index contributed by atoms with van der Waals surface area (Å²) in [5.41, 5.74) is -0.119. The maximum Gasteiger partial charge on any atom is 0.232 e. The van der Waals surface area contributed by atoms with Crippen LogP contribution in [0.25, 0.3) is 0 Å². The van der Waals surface area contributed by atoms with Crippen molar-refractivity contribution in [2.75, 3.05) is 38.3 Å². The number of amides is 1. The fourth-order valence-electron chi connectivity index (χ4n) is 3.28. The minimum atomic E-state index is -0.119. The minimum absolute atomic E-state index is 0.119. The van der Waals surface area contributed by atoms with E-state index in [0.29, 0.717) is 18.3 Å².